The second-order valence-corrected chi connectivity index (χ2v) is 5.26. The number of hydrogen-bond donors (Lipinski definition) is 1. The molecule has 0 heterocycles. The molecule has 2 heteroatoms. The average Bonchev–Trinajstić information content (AvgIpc) is 2.25. The molecular formula is C15H23NO. The number of nitrogens with one attached hydrogen (secondary N) is 1. The molecule has 0 aromatic heterocycles. The van der Waals surface area contributed by atoms with Crippen molar-refractivity contribution in [2.75, 3.05) is 6.54 Å². The van der Waals surface area contributed by atoms with Crippen LogP contribution in [0, 0.1) is 5.92 Å². The van der Waals surface area contributed by atoms with E-state index in [2.05, 4.69) is 25.2 Å². The SMILES string of the molecule is CC(C)Cc1cccc(C(=O)CNC(C)C)c1. The first-order valence-corrected chi connectivity index (χ1v) is 6.34. The van der Waals surface area contributed by atoms with E-state index in [1.54, 1.807) is 0 Å². The van der Waals surface area contributed by atoms with E-state index < -0.39 is 0 Å². The fourth-order valence-corrected chi connectivity index (χ4v) is 1.74. The Labute approximate surface area is 104 Å². The Morgan fingerprint density at radius 2 is 1.94 bits per heavy atom. The standard InChI is InChI=1S/C15H23NO/c1-11(2)8-13-6-5-7-14(9-13)15(17)10-16-12(3)4/h5-7,9,11-12,16H,8,10H2,1-4H3. The first-order valence-electron chi connectivity index (χ1n) is 6.34. The van der Waals surface area contributed by atoms with Crippen molar-refractivity contribution in [1.82, 2.24) is 5.32 Å². The van der Waals surface area contributed by atoms with Gasteiger partial charge in [-0.15, -0.1) is 0 Å². The molecule has 1 rings (SSSR count). The van der Waals surface area contributed by atoms with Crippen LogP contribution < -0.4 is 5.32 Å². The van der Waals surface area contributed by atoms with Gasteiger partial charge in [-0.25, -0.2) is 0 Å². The van der Waals surface area contributed by atoms with E-state index in [4.69, 9.17) is 0 Å². The number of Topliss-reactive ketones (excluding diaryl/α,β-unsaturated/α-hetero) is 1. The van der Waals surface area contributed by atoms with Crippen LogP contribution in [0.3, 0.4) is 0 Å². The van der Waals surface area contributed by atoms with Gasteiger partial charge in [0.05, 0.1) is 6.54 Å². The van der Waals surface area contributed by atoms with Crippen molar-refractivity contribution in [3.05, 3.63) is 35.4 Å². The van der Waals surface area contributed by atoms with E-state index in [9.17, 15) is 4.79 Å². The smallest absolute Gasteiger partial charge is 0.176 e. The van der Waals surface area contributed by atoms with Gasteiger partial charge in [0.15, 0.2) is 5.78 Å². The highest BCUT2D eigenvalue weighted by molar-refractivity contribution is 5.97. The van der Waals surface area contributed by atoms with Crippen LogP contribution in [0.5, 0.6) is 0 Å². The summed E-state index contributed by atoms with van der Waals surface area (Å²) >= 11 is 0. The lowest BCUT2D eigenvalue weighted by Gasteiger charge is -2.09. The average molecular weight is 233 g/mol. The van der Waals surface area contributed by atoms with E-state index in [0.717, 1.165) is 12.0 Å². The summed E-state index contributed by atoms with van der Waals surface area (Å²) in [4.78, 5) is 11.9. The maximum absolute atomic E-state index is 11.9. The molecule has 0 saturated carbocycles. The molecule has 1 aromatic carbocycles. The minimum Gasteiger partial charge on any atom is -0.307 e. The summed E-state index contributed by atoms with van der Waals surface area (Å²) in [5, 5.41) is 3.15. The molecule has 2 nitrogen and oxygen atoms in total. The molecule has 0 amide bonds. The quantitative estimate of drug-likeness (QED) is 0.765. The fraction of sp³-hybridized carbons (Fsp3) is 0.533. The zero-order valence-electron chi connectivity index (χ0n) is 11.3. The molecule has 0 aliphatic rings. The highest BCUT2D eigenvalue weighted by atomic mass is 16.1. The molecule has 0 atom stereocenters. The van der Waals surface area contributed by atoms with Gasteiger partial charge in [-0.05, 0) is 24.0 Å². The van der Waals surface area contributed by atoms with Crippen LogP contribution in [0.15, 0.2) is 24.3 Å². The van der Waals surface area contributed by atoms with Gasteiger partial charge in [-0.3, -0.25) is 4.79 Å². The lowest BCUT2D eigenvalue weighted by molar-refractivity contribution is 0.0988. The van der Waals surface area contributed by atoms with Crippen LogP contribution in [0.1, 0.15) is 43.6 Å². The number of carbonyl (C=O) groups is 1. The molecule has 0 spiro atoms. The number of benzene rings is 1. The number of ketones is 1. The minimum absolute atomic E-state index is 0.171. The summed E-state index contributed by atoms with van der Waals surface area (Å²) in [5.41, 5.74) is 2.06. The van der Waals surface area contributed by atoms with Crippen LogP contribution in [-0.2, 0) is 6.42 Å². The van der Waals surface area contributed by atoms with Crippen molar-refractivity contribution >= 4 is 5.78 Å². The second kappa shape index (κ2) is 6.55. The Morgan fingerprint density at radius 3 is 2.53 bits per heavy atom. The second-order valence-electron chi connectivity index (χ2n) is 5.26. The summed E-state index contributed by atoms with van der Waals surface area (Å²) in [5.74, 6) is 0.790. The zero-order valence-corrected chi connectivity index (χ0v) is 11.3. The van der Waals surface area contributed by atoms with Gasteiger partial charge in [0, 0.05) is 11.6 Å². The van der Waals surface area contributed by atoms with Gasteiger partial charge in [0.25, 0.3) is 0 Å². The summed E-state index contributed by atoms with van der Waals surface area (Å²) in [7, 11) is 0. The molecule has 1 aromatic rings. The summed E-state index contributed by atoms with van der Waals surface area (Å²) < 4.78 is 0. The van der Waals surface area contributed by atoms with Crippen molar-refractivity contribution in [2.45, 2.75) is 40.2 Å². The predicted octanol–water partition coefficient (Wildman–Crippen LogP) is 3.07. The summed E-state index contributed by atoms with van der Waals surface area (Å²) in [6.07, 6.45) is 1.03. The number of carbonyl (C=O) groups excluding carboxylic acids is 1. The monoisotopic (exact) mass is 233 g/mol. The van der Waals surface area contributed by atoms with Crippen LogP contribution in [0.2, 0.25) is 0 Å². The molecule has 94 valence electrons. The lowest BCUT2D eigenvalue weighted by Crippen LogP contribution is -2.29. The Balaban J connectivity index is 2.67. The van der Waals surface area contributed by atoms with Crippen molar-refractivity contribution in [2.24, 2.45) is 5.92 Å². The number of rotatable bonds is 6. The molecule has 0 unspecified atom stereocenters. The highest BCUT2D eigenvalue weighted by Gasteiger charge is 2.07. The highest BCUT2D eigenvalue weighted by Crippen LogP contribution is 2.11. The molecule has 0 bridgehead atoms. The molecule has 0 aliphatic carbocycles. The van der Waals surface area contributed by atoms with Gasteiger partial charge in [0.1, 0.15) is 0 Å². The van der Waals surface area contributed by atoms with Crippen LogP contribution in [0.4, 0.5) is 0 Å². The molecule has 1 N–H and O–H groups in total. The Morgan fingerprint density at radius 1 is 1.24 bits per heavy atom. The zero-order chi connectivity index (χ0) is 12.8. The molecular weight excluding hydrogens is 210 g/mol. The van der Waals surface area contributed by atoms with Crippen molar-refractivity contribution in [3.8, 4) is 0 Å². The van der Waals surface area contributed by atoms with Crippen molar-refractivity contribution in [3.63, 3.8) is 0 Å². The van der Waals surface area contributed by atoms with Gasteiger partial charge in [0.2, 0.25) is 0 Å². The molecule has 17 heavy (non-hydrogen) atoms. The predicted molar refractivity (Wildman–Crippen MR) is 72.5 cm³/mol. The molecule has 0 radical (unpaired) electrons. The number of hydrogen-bond acceptors (Lipinski definition) is 2. The third-order valence-corrected chi connectivity index (χ3v) is 2.56. The van der Waals surface area contributed by atoms with Crippen molar-refractivity contribution < 1.29 is 4.79 Å². The van der Waals surface area contributed by atoms with E-state index in [1.165, 1.54) is 5.56 Å². The van der Waals surface area contributed by atoms with E-state index >= 15 is 0 Å². The molecule has 0 fully saturated rings. The van der Waals surface area contributed by atoms with Crippen molar-refractivity contribution in [1.29, 1.82) is 0 Å². The lowest BCUT2D eigenvalue weighted by atomic mass is 9.99. The van der Waals surface area contributed by atoms with Gasteiger partial charge < -0.3 is 5.32 Å². The largest absolute Gasteiger partial charge is 0.307 e. The Bertz CT molecular complexity index is 369. The first-order chi connectivity index (χ1) is 7.99. The third-order valence-electron chi connectivity index (χ3n) is 2.56. The first kappa shape index (κ1) is 13.9. The van der Waals surface area contributed by atoms with E-state index in [-0.39, 0.29) is 5.78 Å². The molecule has 0 aliphatic heterocycles. The summed E-state index contributed by atoms with van der Waals surface area (Å²) in [6.45, 7) is 8.89. The summed E-state index contributed by atoms with van der Waals surface area (Å²) in [6, 6.07) is 8.32. The van der Waals surface area contributed by atoms with Gasteiger partial charge >= 0.3 is 0 Å². The maximum atomic E-state index is 11.9. The topological polar surface area (TPSA) is 29.1 Å². The van der Waals surface area contributed by atoms with E-state index in [1.807, 2.05) is 32.0 Å². The molecule has 0 saturated heterocycles. The van der Waals surface area contributed by atoms with Crippen LogP contribution >= 0.6 is 0 Å². The fourth-order valence-electron chi connectivity index (χ4n) is 1.74. The van der Waals surface area contributed by atoms with Crippen LogP contribution in [0.25, 0.3) is 0 Å². The van der Waals surface area contributed by atoms with Gasteiger partial charge in [-0.1, -0.05) is 45.9 Å². The normalized spacial score (nSPS) is 11.2. The minimum atomic E-state index is 0.171. The Kier molecular flexibility index (Phi) is 5.36. The van der Waals surface area contributed by atoms with E-state index in [0.29, 0.717) is 18.5 Å². The maximum Gasteiger partial charge on any atom is 0.176 e. The Hall–Kier alpha value is -1.15. The van der Waals surface area contributed by atoms with Gasteiger partial charge in [-0.2, -0.15) is 0 Å². The third kappa shape index (κ3) is 5.14. The van der Waals surface area contributed by atoms with Crippen LogP contribution in [-0.4, -0.2) is 18.4 Å².